The number of hydrogen-bond donors (Lipinski definition) is 2. The van der Waals surface area contributed by atoms with Gasteiger partial charge in [0, 0.05) is 17.5 Å². The van der Waals surface area contributed by atoms with Gasteiger partial charge in [-0.05, 0) is 17.5 Å². The summed E-state index contributed by atoms with van der Waals surface area (Å²) < 4.78 is 1.26. The number of aromatic nitrogens is 2. The lowest BCUT2D eigenvalue weighted by Gasteiger charge is -2.15. The van der Waals surface area contributed by atoms with Crippen LogP contribution in [0.25, 0.3) is 10.2 Å². The van der Waals surface area contributed by atoms with Gasteiger partial charge < -0.3 is 10.4 Å². The molecular weight excluding hydrogens is 378 g/mol. The Morgan fingerprint density at radius 3 is 2.64 bits per heavy atom. The number of carbonyl (C=O) groups is 2. The number of nitrogens with zero attached hydrogens (tertiary/aromatic N) is 2. The zero-order chi connectivity index (χ0) is 20.4. The number of carboxylic acids is 1. The second-order valence-corrected chi connectivity index (χ2v) is 7.56. The molecule has 1 amide bonds. The van der Waals surface area contributed by atoms with Crippen LogP contribution in [0.5, 0.6) is 0 Å². The highest BCUT2D eigenvalue weighted by molar-refractivity contribution is 7.17. The Labute approximate surface area is 165 Å². The largest absolute Gasteiger partial charge is 0.478 e. The van der Waals surface area contributed by atoms with Gasteiger partial charge in [0.2, 0.25) is 5.91 Å². The molecule has 1 aromatic carbocycles. The minimum Gasteiger partial charge on any atom is -0.478 e. The fourth-order valence-corrected chi connectivity index (χ4v) is 4.03. The van der Waals surface area contributed by atoms with Crippen molar-refractivity contribution in [3.63, 3.8) is 0 Å². The quantitative estimate of drug-likeness (QED) is 0.661. The fourth-order valence-electron chi connectivity index (χ4n) is 3.10. The molecule has 0 saturated carbocycles. The first-order valence-corrected chi connectivity index (χ1v) is 9.84. The number of benzene rings is 1. The lowest BCUT2D eigenvalue weighted by molar-refractivity contribution is -0.116. The van der Waals surface area contributed by atoms with Crippen LogP contribution in [0.2, 0.25) is 0 Å². The molecule has 0 aliphatic rings. The number of aromatic carboxylic acids is 1. The second kappa shape index (κ2) is 7.93. The molecule has 7 nitrogen and oxygen atoms in total. The number of carbonyl (C=O) groups excluding carboxylic acids is 1. The van der Waals surface area contributed by atoms with E-state index >= 15 is 0 Å². The summed E-state index contributed by atoms with van der Waals surface area (Å²) in [4.78, 5) is 41.8. The van der Waals surface area contributed by atoms with Gasteiger partial charge in [-0.3, -0.25) is 14.2 Å². The lowest BCUT2D eigenvalue weighted by Crippen LogP contribution is -2.31. The zero-order valence-electron chi connectivity index (χ0n) is 15.9. The van der Waals surface area contributed by atoms with Gasteiger partial charge in [-0.25, -0.2) is 9.78 Å². The second-order valence-electron chi connectivity index (χ2n) is 6.70. The molecule has 3 rings (SSSR count). The molecule has 146 valence electrons. The van der Waals surface area contributed by atoms with Gasteiger partial charge in [-0.1, -0.05) is 39.0 Å². The van der Waals surface area contributed by atoms with Gasteiger partial charge >= 0.3 is 5.97 Å². The normalized spacial score (nSPS) is 11.1. The molecule has 2 aromatic heterocycles. The van der Waals surface area contributed by atoms with Crippen LogP contribution in [0.1, 0.15) is 48.4 Å². The number of aryl methyl sites for hydroxylation is 1. The topological polar surface area (TPSA) is 101 Å². The number of para-hydroxylation sites is 1. The SMILES string of the molecule is CCc1nc2scc(C(=O)O)c2c(=O)n1CC(=O)Nc1ccccc1C(C)C. The van der Waals surface area contributed by atoms with E-state index < -0.39 is 11.5 Å². The summed E-state index contributed by atoms with van der Waals surface area (Å²) in [5.41, 5.74) is 1.11. The molecule has 2 heterocycles. The van der Waals surface area contributed by atoms with Gasteiger partial charge in [0.25, 0.3) is 5.56 Å². The Hall–Kier alpha value is -3.00. The van der Waals surface area contributed by atoms with Crippen molar-refractivity contribution in [2.45, 2.75) is 39.7 Å². The molecule has 8 heteroatoms. The number of anilines is 1. The molecular formula is C20H21N3O4S. The molecule has 28 heavy (non-hydrogen) atoms. The van der Waals surface area contributed by atoms with Crippen LogP contribution in [0.3, 0.4) is 0 Å². The monoisotopic (exact) mass is 399 g/mol. The molecule has 0 unspecified atom stereocenters. The number of fused-ring (bicyclic) bond motifs is 1. The van der Waals surface area contributed by atoms with Gasteiger partial charge in [0.15, 0.2) is 0 Å². The summed E-state index contributed by atoms with van der Waals surface area (Å²) in [7, 11) is 0. The van der Waals surface area contributed by atoms with Crippen LogP contribution in [0, 0.1) is 0 Å². The average molecular weight is 399 g/mol. The molecule has 0 radical (unpaired) electrons. The van der Waals surface area contributed by atoms with Gasteiger partial charge in [0.1, 0.15) is 17.2 Å². The lowest BCUT2D eigenvalue weighted by atomic mass is 10.0. The predicted octanol–water partition coefficient (Wildman–Crippen LogP) is 3.48. The zero-order valence-corrected chi connectivity index (χ0v) is 16.7. The van der Waals surface area contributed by atoms with E-state index in [-0.39, 0.29) is 29.3 Å². The van der Waals surface area contributed by atoms with Crippen molar-refractivity contribution >= 4 is 39.1 Å². The molecule has 0 atom stereocenters. The molecule has 2 N–H and O–H groups in total. The Balaban J connectivity index is 1.99. The molecule has 0 fully saturated rings. The summed E-state index contributed by atoms with van der Waals surface area (Å²) in [6.07, 6.45) is 0.446. The van der Waals surface area contributed by atoms with E-state index in [0.717, 1.165) is 16.9 Å². The highest BCUT2D eigenvalue weighted by Gasteiger charge is 2.20. The first-order valence-electron chi connectivity index (χ1n) is 8.96. The highest BCUT2D eigenvalue weighted by atomic mass is 32.1. The molecule has 0 spiro atoms. The van der Waals surface area contributed by atoms with Crippen LogP contribution in [-0.4, -0.2) is 26.5 Å². The third kappa shape index (κ3) is 3.68. The Morgan fingerprint density at radius 2 is 2.00 bits per heavy atom. The van der Waals surface area contributed by atoms with Crippen molar-refractivity contribution in [2.24, 2.45) is 0 Å². The third-order valence-electron chi connectivity index (χ3n) is 4.48. The van der Waals surface area contributed by atoms with E-state index in [1.54, 1.807) is 0 Å². The molecule has 0 bridgehead atoms. The molecule has 0 aliphatic carbocycles. The predicted molar refractivity (Wildman–Crippen MR) is 109 cm³/mol. The fraction of sp³-hybridized carbons (Fsp3) is 0.300. The third-order valence-corrected chi connectivity index (χ3v) is 5.35. The van der Waals surface area contributed by atoms with Crippen molar-refractivity contribution in [1.82, 2.24) is 9.55 Å². The standard InChI is InChI=1S/C20H21N3O4S/c1-4-15-22-18-17(13(10-28-18)20(26)27)19(25)23(15)9-16(24)21-14-8-6-5-7-12(14)11(2)3/h5-8,10-11H,4,9H2,1-3H3,(H,21,24)(H,26,27). The van der Waals surface area contributed by atoms with E-state index in [2.05, 4.69) is 10.3 Å². The molecule has 3 aromatic rings. The smallest absolute Gasteiger partial charge is 0.337 e. The van der Waals surface area contributed by atoms with Gasteiger partial charge in [0.05, 0.1) is 10.9 Å². The Morgan fingerprint density at radius 1 is 1.29 bits per heavy atom. The van der Waals surface area contributed by atoms with Crippen LogP contribution < -0.4 is 10.9 Å². The summed E-state index contributed by atoms with van der Waals surface area (Å²) in [5.74, 6) is -0.870. The van der Waals surface area contributed by atoms with E-state index in [9.17, 15) is 19.5 Å². The Kier molecular flexibility index (Phi) is 5.60. The van der Waals surface area contributed by atoms with Gasteiger partial charge in [-0.15, -0.1) is 11.3 Å². The van der Waals surface area contributed by atoms with Crippen LogP contribution in [0.4, 0.5) is 5.69 Å². The number of thiophene rings is 1. The summed E-state index contributed by atoms with van der Waals surface area (Å²) in [6.45, 7) is 5.67. The number of nitrogens with one attached hydrogen (secondary N) is 1. The highest BCUT2D eigenvalue weighted by Crippen LogP contribution is 2.24. The van der Waals surface area contributed by atoms with E-state index in [0.29, 0.717) is 22.8 Å². The maximum absolute atomic E-state index is 12.9. The number of rotatable bonds is 6. The van der Waals surface area contributed by atoms with Crippen LogP contribution >= 0.6 is 11.3 Å². The van der Waals surface area contributed by atoms with E-state index in [1.165, 1.54) is 9.95 Å². The molecule has 0 saturated heterocycles. The van der Waals surface area contributed by atoms with Gasteiger partial charge in [-0.2, -0.15) is 0 Å². The van der Waals surface area contributed by atoms with Crippen molar-refractivity contribution in [3.05, 3.63) is 57.0 Å². The summed E-state index contributed by atoms with van der Waals surface area (Å²) >= 11 is 1.12. The summed E-state index contributed by atoms with van der Waals surface area (Å²) in [6, 6.07) is 7.51. The van der Waals surface area contributed by atoms with Crippen molar-refractivity contribution in [3.8, 4) is 0 Å². The van der Waals surface area contributed by atoms with Crippen LogP contribution in [-0.2, 0) is 17.8 Å². The maximum atomic E-state index is 12.9. The van der Waals surface area contributed by atoms with Crippen molar-refractivity contribution in [2.75, 3.05) is 5.32 Å². The van der Waals surface area contributed by atoms with E-state index in [1.807, 2.05) is 45.0 Å². The minimum absolute atomic E-state index is 0.0464. The Bertz CT molecular complexity index is 1110. The summed E-state index contributed by atoms with van der Waals surface area (Å²) in [5, 5.41) is 13.6. The molecule has 0 aliphatic heterocycles. The minimum atomic E-state index is -1.18. The van der Waals surface area contributed by atoms with Crippen molar-refractivity contribution < 1.29 is 14.7 Å². The number of amides is 1. The number of hydrogen-bond acceptors (Lipinski definition) is 5. The average Bonchev–Trinajstić information content (AvgIpc) is 3.08. The van der Waals surface area contributed by atoms with Crippen molar-refractivity contribution in [1.29, 1.82) is 0 Å². The number of carboxylic acid groups (broad SMARTS) is 1. The first kappa shape index (κ1) is 19.8. The van der Waals surface area contributed by atoms with E-state index in [4.69, 9.17) is 0 Å². The maximum Gasteiger partial charge on any atom is 0.337 e. The van der Waals surface area contributed by atoms with Crippen LogP contribution in [0.15, 0.2) is 34.4 Å². The first-order chi connectivity index (χ1) is 13.3.